The first-order valence-corrected chi connectivity index (χ1v) is 5.89. The normalized spacial score (nSPS) is 37.7. The maximum Gasteiger partial charge on any atom is 0.337 e. The predicted octanol–water partition coefficient (Wildman–Crippen LogP) is -1.56. The van der Waals surface area contributed by atoms with Gasteiger partial charge in [0.25, 0.3) is 0 Å². The molecule has 0 saturated carbocycles. The highest BCUT2D eigenvalue weighted by atomic mass is 127. The van der Waals surface area contributed by atoms with Crippen LogP contribution in [0.2, 0.25) is 0 Å². The number of hydrogen-bond acceptors (Lipinski definition) is 6. The largest absolute Gasteiger partial charge is 0.467 e. The first-order valence-electron chi connectivity index (χ1n) is 4.36. The Morgan fingerprint density at radius 1 is 1.53 bits per heavy atom. The molecule has 88 valence electrons. The van der Waals surface area contributed by atoms with E-state index in [4.69, 9.17) is 4.74 Å². The number of halogens is 1. The minimum Gasteiger partial charge on any atom is -0.467 e. The molecule has 0 unspecified atom stereocenters. The van der Waals surface area contributed by atoms with Gasteiger partial charge in [-0.25, -0.2) is 4.79 Å². The fraction of sp³-hybridized carbons (Fsp3) is 0.875. The molecule has 15 heavy (non-hydrogen) atoms. The van der Waals surface area contributed by atoms with Crippen LogP contribution in [0.15, 0.2) is 0 Å². The number of esters is 1. The molecule has 0 aromatic carbocycles. The molecule has 1 rings (SSSR count). The van der Waals surface area contributed by atoms with Crippen molar-refractivity contribution in [2.75, 3.05) is 11.5 Å². The van der Waals surface area contributed by atoms with E-state index in [2.05, 4.69) is 4.74 Å². The fourth-order valence-corrected chi connectivity index (χ4v) is 2.15. The van der Waals surface area contributed by atoms with E-state index in [9.17, 15) is 20.1 Å². The van der Waals surface area contributed by atoms with Crippen molar-refractivity contribution in [3.05, 3.63) is 0 Å². The smallest absolute Gasteiger partial charge is 0.337 e. The van der Waals surface area contributed by atoms with Gasteiger partial charge in [-0.3, -0.25) is 0 Å². The molecule has 1 saturated heterocycles. The SMILES string of the molecule is COC(=O)[C@@H](O)[C@@H]1O[C@H](CI)[C@H](O)[C@H]1O. The molecule has 1 aliphatic heterocycles. The molecule has 3 N–H and O–H groups in total. The van der Waals surface area contributed by atoms with E-state index in [1.165, 1.54) is 0 Å². The van der Waals surface area contributed by atoms with Gasteiger partial charge in [0.05, 0.1) is 13.2 Å². The highest BCUT2D eigenvalue weighted by Gasteiger charge is 2.47. The first-order chi connectivity index (χ1) is 7.02. The standard InChI is InChI=1S/C8H13IO6/c1-14-8(13)6(12)7-5(11)4(10)3(2-9)15-7/h3-7,10-12H,2H2,1H3/t3-,4+,5-,6+,7-/m1/s1. The maximum absolute atomic E-state index is 11.0. The lowest BCUT2D eigenvalue weighted by Crippen LogP contribution is -2.43. The maximum atomic E-state index is 11.0. The average molecular weight is 332 g/mol. The lowest BCUT2D eigenvalue weighted by Gasteiger charge is -2.18. The average Bonchev–Trinajstić information content (AvgIpc) is 2.54. The van der Waals surface area contributed by atoms with Crippen LogP contribution in [0.25, 0.3) is 0 Å². The second kappa shape index (κ2) is 5.39. The predicted molar refractivity (Wildman–Crippen MR) is 57.6 cm³/mol. The van der Waals surface area contributed by atoms with Crippen molar-refractivity contribution in [2.45, 2.75) is 30.5 Å². The molecule has 0 amide bonds. The molecule has 0 spiro atoms. The van der Waals surface area contributed by atoms with Crippen LogP contribution in [-0.2, 0) is 14.3 Å². The van der Waals surface area contributed by atoms with Crippen LogP contribution >= 0.6 is 22.6 Å². The van der Waals surface area contributed by atoms with Crippen LogP contribution in [0.4, 0.5) is 0 Å². The summed E-state index contributed by atoms with van der Waals surface area (Å²) in [5.74, 6) is -0.889. The summed E-state index contributed by atoms with van der Waals surface area (Å²) in [7, 11) is 1.12. The topological polar surface area (TPSA) is 96.2 Å². The number of aliphatic hydroxyl groups excluding tert-OH is 3. The van der Waals surface area contributed by atoms with Crippen LogP contribution in [0, 0.1) is 0 Å². The van der Waals surface area contributed by atoms with Crippen LogP contribution in [0.5, 0.6) is 0 Å². The van der Waals surface area contributed by atoms with Crippen molar-refractivity contribution >= 4 is 28.6 Å². The Kier molecular flexibility index (Phi) is 4.71. The molecule has 0 aromatic heterocycles. The van der Waals surface area contributed by atoms with Gasteiger partial charge in [-0.1, -0.05) is 22.6 Å². The number of ether oxygens (including phenoxy) is 2. The lowest BCUT2D eigenvalue weighted by atomic mass is 10.0. The molecule has 0 radical (unpaired) electrons. The monoisotopic (exact) mass is 332 g/mol. The van der Waals surface area contributed by atoms with Gasteiger partial charge in [0, 0.05) is 4.43 Å². The highest BCUT2D eigenvalue weighted by Crippen LogP contribution is 2.25. The zero-order chi connectivity index (χ0) is 11.6. The Balaban J connectivity index is 2.68. The minimum absolute atomic E-state index is 0.459. The van der Waals surface area contributed by atoms with Gasteiger partial charge < -0.3 is 24.8 Å². The van der Waals surface area contributed by atoms with Gasteiger partial charge in [-0.2, -0.15) is 0 Å². The Morgan fingerprint density at radius 2 is 2.13 bits per heavy atom. The number of carbonyl (C=O) groups is 1. The molecule has 1 fully saturated rings. The van der Waals surface area contributed by atoms with Gasteiger partial charge in [-0.15, -0.1) is 0 Å². The van der Waals surface area contributed by atoms with Gasteiger partial charge in [-0.05, 0) is 0 Å². The van der Waals surface area contributed by atoms with Crippen LogP contribution in [-0.4, -0.2) is 63.3 Å². The number of alkyl halides is 1. The summed E-state index contributed by atoms with van der Waals surface area (Å²) < 4.78 is 9.93. The first kappa shape index (κ1) is 13.1. The summed E-state index contributed by atoms with van der Waals surface area (Å²) >= 11 is 1.98. The highest BCUT2D eigenvalue weighted by molar-refractivity contribution is 14.1. The third-order valence-electron chi connectivity index (χ3n) is 2.31. The van der Waals surface area contributed by atoms with Gasteiger partial charge >= 0.3 is 5.97 Å². The minimum atomic E-state index is -1.58. The van der Waals surface area contributed by atoms with E-state index in [1.54, 1.807) is 0 Å². The van der Waals surface area contributed by atoms with E-state index in [1.807, 2.05) is 22.6 Å². The van der Waals surface area contributed by atoms with Crippen LogP contribution in [0.1, 0.15) is 0 Å². The Bertz CT molecular complexity index is 235. The van der Waals surface area contributed by atoms with Crippen molar-refractivity contribution in [1.29, 1.82) is 0 Å². The number of methoxy groups -OCH3 is 1. The van der Waals surface area contributed by atoms with E-state index in [0.29, 0.717) is 4.43 Å². The van der Waals surface area contributed by atoms with Crippen molar-refractivity contribution in [1.82, 2.24) is 0 Å². The summed E-state index contributed by atoms with van der Waals surface area (Å²) in [6.07, 6.45) is -5.66. The third-order valence-corrected chi connectivity index (χ3v) is 3.17. The summed E-state index contributed by atoms with van der Waals surface area (Å²) in [4.78, 5) is 11.0. The molecule has 6 nitrogen and oxygen atoms in total. The fourth-order valence-electron chi connectivity index (χ4n) is 1.42. The van der Waals surface area contributed by atoms with Gasteiger partial charge in [0.1, 0.15) is 18.3 Å². The molecule has 1 heterocycles. The number of hydrogen-bond donors (Lipinski definition) is 3. The third kappa shape index (κ3) is 2.59. The van der Waals surface area contributed by atoms with Gasteiger partial charge in [0.15, 0.2) is 6.10 Å². The van der Waals surface area contributed by atoms with Crippen molar-refractivity contribution < 1.29 is 29.6 Å². The van der Waals surface area contributed by atoms with Crippen molar-refractivity contribution in [2.24, 2.45) is 0 Å². The quantitative estimate of drug-likeness (QED) is 0.329. The van der Waals surface area contributed by atoms with E-state index >= 15 is 0 Å². The molecule has 0 aliphatic carbocycles. The zero-order valence-electron chi connectivity index (χ0n) is 8.04. The molecule has 7 heteroatoms. The molecule has 5 atom stereocenters. The van der Waals surface area contributed by atoms with Crippen LogP contribution in [0.3, 0.4) is 0 Å². The second-order valence-electron chi connectivity index (χ2n) is 3.24. The summed E-state index contributed by atoms with van der Waals surface area (Å²) in [6, 6.07) is 0. The Labute approximate surface area is 100 Å². The lowest BCUT2D eigenvalue weighted by molar-refractivity contribution is -0.161. The zero-order valence-corrected chi connectivity index (χ0v) is 10.2. The summed E-state index contributed by atoms with van der Waals surface area (Å²) in [6.45, 7) is 0. The van der Waals surface area contributed by atoms with E-state index in [0.717, 1.165) is 7.11 Å². The van der Waals surface area contributed by atoms with Crippen LogP contribution < -0.4 is 0 Å². The Morgan fingerprint density at radius 3 is 2.53 bits per heavy atom. The number of carbonyl (C=O) groups excluding carboxylic acids is 1. The molecule has 0 bridgehead atoms. The molecular formula is C8H13IO6. The van der Waals surface area contributed by atoms with E-state index in [-0.39, 0.29) is 0 Å². The van der Waals surface area contributed by atoms with Gasteiger partial charge in [0.2, 0.25) is 0 Å². The molecule has 0 aromatic rings. The number of rotatable bonds is 3. The summed E-state index contributed by atoms with van der Waals surface area (Å²) in [5.41, 5.74) is 0. The molecular weight excluding hydrogens is 319 g/mol. The second-order valence-corrected chi connectivity index (χ2v) is 4.12. The van der Waals surface area contributed by atoms with E-state index < -0.39 is 36.5 Å². The Hall–Kier alpha value is 0.0400. The molecule has 1 aliphatic rings. The number of aliphatic hydroxyl groups is 3. The summed E-state index contributed by atoms with van der Waals surface area (Å²) in [5, 5.41) is 28.5. The van der Waals surface area contributed by atoms with Crippen molar-refractivity contribution in [3.63, 3.8) is 0 Å². The van der Waals surface area contributed by atoms with Crippen molar-refractivity contribution in [3.8, 4) is 0 Å².